The number of benzene rings is 4. The quantitative estimate of drug-likeness (QED) is 0.0759. The van der Waals surface area contributed by atoms with Crippen LogP contribution in [0.4, 0.5) is 4.79 Å². The van der Waals surface area contributed by atoms with Crippen LogP contribution in [0.5, 0.6) is 0 Å². The van der Waals surface area contributed by atoms with E-state index in [-0.39, 0.29) is 19.3 Å². The summed E-state index contributed by atoms with van der Waals surface area (Å²) < 4.78 is 5.50. The van der Waals surface area contributed by atoms with Gasteiger partial charge >= 0.3 is 12.1 Å². The molecule has 0 spiro atoms. The van der Waals surface area contributed by atoms with Gasteiger partial charge in [-0.3, -0.25) is 19.2 Å². The zero-order chi connectivity index (χ0) is 40.5. The number of carboxylic acid groups (broad SMARTS) is 1. The van der Waals surface area contributed by atoms with Crippen molar-refractivity contribution in [3.63, 3.8) is 0 Å². The molecule has 0 unspecified atom stereocenters. The van der Waals surface area contributed by atoms with Crippen LogP contribution >= 0.6 is 0 Å². The van der Waals surface area contributed by atoms with Crippen LogP contribution in [0.15, 0.2) is 103 Å². The number of aliphatic hydroxyl groups is 1. The first-order chi connectivity index (χ1) is 26.6. The summed E-state index contributed by atoms with van der Waals surface area (Å²) in [6, 6.07) is 26.3. The molecular weight excluding hydrogens is 715 g/mol. The Morgan fingerprint density at radius 1 is 0.732 bits per heavy atom. The molecule has 56 heavy (non-hydrogen) atoms. The van der Waals surface area contributed by atoms with Gasteiger partial charge in [-0.25, -0.2) is 4.79 Å². The fourth-order valence-corrected chi connectivity index (χ4v) is 6.54. The van der Waals surface area contributed by atoms with Gasteiger partial charge in [-0.05, 0) is 67.6 Å². The Labute approximate surface area is 325 Å². The Bertz CT molecular complexity index is 2180. The Kier molecular flexibility index (Phi) is 13.1. The average Bonchev–Trinajstić information content (AvgIpc) is 3.55. The molecule has 4 aromatic carbocycles. The van der Waals surface area contributed by atoms with E-state index in [2.05, 4.69) is 26.3 Å². The highest BCUT2D eigenvalue weighted by atomic mass is 16.6. The number of carboxylic acids is 1. The lowest BCUT2D eigenvalue weighted by atomic mass is 9.89. The number of amides is 4. The van der Waals surface area contributed by atoms with Crippen molar-refractivity contribution < 1.29 is 38.9 Å². The second-order valence-electron chi connectivity index (χ2n) is 15.1. The number of carbonyl (C=O) groups excluding carboxylic acids is 4. The summed E-state index contributed by atoms with van der Waals surface area (Å²) in [5, 5.41) is 33.3. The van der Waals surface area contributed by atoms with Crippen molar-refractivity contribution in [2.45, 2.75) is 82.6 Å². The Hall–Kier alpha value is -6.21. The third-order valence-corrected chi connectivity index (χ3v) is 9.27. The predicted octanol–water partition coefficient (Wildman–Crippen LogP) is 4.55. The highest BCUT2D eigenvalue weighted by Crippen LogP contribution is 2.23. The monoisotopic (exact) mass is 763 g/mol. The molecule has 1 aromatic heterocycles. The molecule has 13 nitrogen and oxygen atoms in total. The number of hydrogen-bond acceptors (Lipinski definition) is 7. The Morgan fingerprint density at radius 3 is 2.11 bits per heavy atom. The van der Waals surface area contributed by atoms with Crippen molar-refractivity contribution >= 4 is 51.5 Å². The zero-order valence-corrected chi connectivity index (χ0v) is 31.9. The second kappa shape index (κ2) is 17.9. The van der Waals surface area contributed by atoms with E-state index in [1.54, 1.807) is 27.0 Å². The van der Waals surface area contributed by atoms with E-state index in [1.807, 2.05) is 97.1 Å². The van der Waals surface area contributed by atoms with Crippen LogP contribution in [0.2, 0.25) is 0 Å². The summed E-state index contributed by atoms with van der Waals surface area (Å²) in [5.41, 5.74) is 0.395. The van der Waals surface area contributed by atoms with Crippen molar-refractivity contribution in [3.05, 3.63) is 120 Å². The number of aromatic amines is 1. The molecule has 4 atom stereocenters. The molecule has 1 heterocycles. The smallest absolute Gasteiger partial charge is 0.408 e. The maximum atomic E-state index is 14.5. The number of aromatic nitrogens is 1. The summed E-state index contributed by atoms with van der Waals surface area (Å²) in [4.78, 5) is 70.8. The minimum Gasteiger partial charge on any atom is -0.481 e. The van der Waals surface area contributed by atoms with Crippen molar-refractivity contribution in [2.75, 3.05) is 6.61 Å². The molecule has 0 saturated carbocycles. The third-order valence-electron chi connectivity index (χ3n) is 9.27. The number of nitrogens with one attached hydrogen (secondary N) is 5. The minimum absolute atomic E-state index is 0.0246. The fraction of sp³-hybridized carbons (Fsp3) is 0.326. The first kappa shape index (κ1) is 41.0. The Balaban J connectivity index is 1.46. The molecule has 0 bridgehead atoms. The zero-order valence-electron chi connectivity index (χ0n) is 31.9. The number of rotatable bonds is 16. The molecule has 0 aliphatic carbocycles. The minimum atomic E-state index is -1.79. The molecule has 4 amide bonds. The summed E-state index contributed by atoms with van der Waals surface area (Å²) in [5.74, 6) is -3.73. The van der Waals surface area contributed by atoms with Crippen LogP contribution in [0, 0.1) is 0 Å². The topological polar surface area (TPSA) is 199 Å². The first-order valence-electron chi connectivity index (χ1n) is 18.4. The standard InChI is InChI=1S/C43H49N5O8/c1-42(2,3)56-41(55)47-35(22-31-25-44-34-17-11-10-16-33(31)34)39(53)48-43(4,24-28-18-19-29-14-8-9-15-30(29)20-28)40(54)46-36(23-37(50)51)38(52)45-32(26-49)21-27-12-6-5-7-13-27/h5-20,25,32,35-36,44,49H,21-24,26H2,1-4H3,(H,45,52)(H,46,54)(H,47,55)(H,48,53)(H,50,51)/t32-,35-,36-,43-/m0/s1. The summed E-state index contributed by atoms with van der Waals surface area (Å²) in [7, 11) is 0. The van der Waals surface area contributed by atoms with Crippen LogP contribution in [0.25, 0.3) is 21.7 Å². The number of carbonyl (C=O) groups is 5. The predicted molar refractivity (Wildman–Crippen MR) is 213 cm³/mol. The molecule has 0 aliphatic heterocycles. The van der Waals surface area contributed by atoms with Gasteiger partial charge in [-0.2, -0.15) is 0 Å². The van der Waals surface area contributed by atoms with Gasteiger partial charge in [0.25, 0.3) is 0 Å². The van der Waals surface area contributed by atoms with E-state index in [4.69, 9.17) is 4.74 Å². The largest absolute Gasteiger partial charge is 0.481 e. The highest BCUT2D eigenvalue weighted by molar-refractivity contribution is 5.98. The summed E-state index contributed by atoms with van der Waals surface area (Å²) in [6.07, 6.45) is 0.340. The number of hydrogen-bond donors (Lipinski definition) is 7. The van der Waals surface area contributed by atoms with E-state index >= 15 is 0 Å². The normalized spacial score (nSPS) is 14.2. The molecule has 5 rings (SSSR count). The molecule has 0 radical (unpaired) electrons. The van der Waals surface area contributed by atoms with Crippen molar-refractivity contribution in [1.29, 1.82) is 0 Å². The number of alkyl carbamates (subject to hydrolysis) is 1. The van der Waals surface area contributed by atoms with Crippen molar-refractivity contribution in [2.24, 2.45) is 0 Å². The number of aliphatic hydroxyl groups excluding tert-OH is 1. The van der Waals surface area contributed by atoms with Crippen molar-refractivity contribution in [1.82, 2.24) is 26.3 Å². The number of H-pyrrole nitrogens is 1. The van der Waals surface area contributed by atoms with Crippen molar-refractivity contribution in [3.8, 4) is 0 Å². The van der Waals surface area contributed by atoms with Crippen LogP contribution in [0.1, 0.15) is 50.8 Å². The molecule has 7 N–H and O–H groups in total. The molecule has 0 fully saturated rings. The molecule has 294 valence electrons. The van der Waals surface area contributed by atoms with Crippen LogP contribution < -0.4 is 21.3 Å². The number of fused-ring (bicyclic) bond motifs is 2. The molecule has 13 heteroatoms. The maximum Gasteiger partial charge on any atom is 0.408 e. The number of aliphatic carboxylic acids is 1. The Morgan fingerprint density at radius 2 is 1.41 bits per heavy atom. The van der Waals surface area contributed by atoms with E-state index < -0.39 is 72.1 Å². The van der Waals surface area contributed by atoms with Gasteiger partial charge in [0.2, 0.25) is 17.7 Å². The van der Waals surface area contributed by atoms with Gasteiger partial charge < -0.3 is 41.2 Å². The van der Waals surface area contributed by atoms with Gasteiger partial charge in [0.05, 0.1) is 19.1 Å². The van der Waals surface area contributed by atoms with Gasteiger partial charge in [-0.1, -0.05) is 91.0 Å². The van der Waals surface area contributed by atoms with Crippen LogP contribution in [-0.4, -0.2) is 80.9 Å². The highest BCUT2D eigenvalue weighted by Gasteiger charge is 2.40. The van der Waals surface area contributed by atoms with E-state index in [9.17, 15) is 34.2 Å². The van der Waals surface area contributed by atoms with Gasteiger partial charge in [-0.15, -0.1) is 0 Å². The van der Waals surface area contributed by atoms with Crippen LogP contribution in [-0.2, 0) is 43.2 Å². The SMILES string of the molecule is CC(C)(C)OC(=O)N[C@@H](Cc1c[nH]c2ccccc12)C(=O)N[C@@](C)(Cc1ccc2ccccc2c1)C(=O)N[C@@H](CC(=O)O)C(=O)N[C@H](CO)Cc1ccccc1. The molecule has 5 aromatic rings. The van der Waals surface area contributed by atoms with Gasteiger partial charge in [0.1, 0.15) is 23.2 Å². The molecular formula is C43H49N5O8. The second-order valence-corrected chi connectivity index (χ2v) is 15.1. The average molecular weight is 764 g/mol. The number of para-hydroxylation sites is 1. The maximum absolute atomic E-state index is 14.5. The summed E-state index contributed by atoms with van der Waals surface area (Å²) in [6.45, 7) is 6.13. The lowest BCUT2D eigenvalue weighted by Gasteiger charge is -2.33. The fourth-order valence-electron chi connectivity index (χ4n) is 6.54. The van der Waals surface area contributed by atoms with Crippen LogP contribution in [0.3, 0.4) is 0 Å². The molecule has 0 aliphatic rings. The summed E-state index contributed by atoms with van der Waals surface area (Å²) >= 11 is 0. The van der Waals surface area contributed by atoms with E-state index in [0.29, 0.717) is 5.56 Å². The first-order valence-corrected chi connectivity index (χ1v) is 18.4. The number of ether oxygens (including phenoxy) is 1. The third kappa shape index (κ3) is 11.2. The lowest BCUT2D eigenvalue weighted by Crippen LogP contribution is -2.64. The van der Waals surface area contributed by atoms with E-state index in [0.717, 1.165) is 32.8 Å². The van der Waals surface area contributed by atoms with E-state index in [1.165, 1.54) is 6.92 Å². The van der Waals surface area contributed by atoms with Gasteiger partial charge in [0.15, 0.2) is 0 Å². The lowest BCUT2D eigenvalue weighted by molar-refractivity contribution is -0.142. The molecule has 0 saturated heterocycles. The van der Waals surface area contributed by atoms with Gasteiger partial charge in [0, 0.05) is 29.9 Å².